The lowest BCUT2D eigenvalue weighted by Gasteiger charge is -2.35. The summed E-state index contributed by atoms with van der Waals surface area (Å²) in [6.07, 6.45) is 3.50. The molecule has 5 nitrogen and oxygen atoms in total. The van der Waals surface area contributed by atoms with E-state index >= 15 is 0 Å². The molecule has 0 radical (unpaired) electrons. The minimum atomic E-state index is -0.558. The fraction of sp³-hybridized carbons (Fsp3) is 0.500. The summed E-state index contributed by atoms with van der Waals surface area (Å²) >= 11 is 3.54. The zero-order valence-electron chi connectivity index (χ0n) is 18.5. The summed E-state index contributed by atoms with van der Waals surface area (Å²) in [5.74, 6) is -0.313. The van der Waals surface area contributed by atoms with Crippen LogP contribution >= 0.6 is 23.1 Å². The largest absolute Gasteiger partial charge is 0.381 e. The summed E-state index contributed by atoms with van der Waals surface area (Å²) in [5, 5.41) is 6.38. The molecule has 166 valence electrons. The first-order valence-electron chi connectivity index (χ1n) is 10.6. The lowest BCUT2D eigenvalue weighted by atomic mass is 9.88. The van der Waals surface area contributed by atoms with Crippen LogP contribution in [0.3, 0.4) is 0 Å². The van der Waals surface area contributed by atoms with Gasteiger partial charge in [0.2, 0.25) is 0 Å². The number of hydrogen-bond acceptors (Lipinski definition) is 7. The second-order valence-corrected chi connectivity index (χ2v) is 11.3. The van der Waals surface area contributed by atoms with Crippen molar-refractivity contribution in [1.29, 1.82) is 0 Å². The van der Waals surface area contributed by atoms with Crippen molar-refractivity contribution in [3.8, 4) is 0 Å². The zero-order valence-corrected chi connectivity index (χ0v) is 20.2. The molecule has 1 saturated heterocycles. The lowest BCUT2D eigenvalue weighted by Crippen LogP contribution is -2.35. The molecule has 1 aromatic carbocycles. The highest BCUT2D eigenvalue weighted by atomic mass is 32.2. The highest BCUT2D eigenvalue weighted by Crippen LogP contribution is 2.42. The molecular formula is C24H29NO4S2. The van der Waals surface area contributed by atoms with Crippen molar-refractivity contribution in [2.24, 2.45) is 10.6 Å². The van der Waals surface area contributed by atoms with Gasteiger partial charge in [-0.15, -0.1) is 11.3 Å². The molecule has 0 amide bonds. The maximum Gasteiger partial charge on any atom is 0.340 e. The number of hydrogen-bond donors (Lipinski definition) is 0. The fourth-order valence-corrected chi connectivity index (χ4v) is 5.98. The smallest absolute Gasteiger partial charge is 0.340 e. The molecule has 1 aromatic heterocycles. The highest BCUT2D eigenvalue weighted by Gasteiger charge is 2.35. The van der Waals surface area contributed by atoms with Gasteiger partial charge >= 0.3 is 5.97 Å². The van der Waals surface area contributed by atoms with E-state index in [0.29, 0.717) is 0 Å². The molecule has 0 unspecified atom stereocenters. The van der Waals surface area contributed by atoms with E-state index in [-0.39, 0.29) is 11.6 Å². The van der Waals surface area contributed by atoms with Crippen molar-refractivity contribution in [3.05, 3.63) is 46.3 Å². The van der Waals surface area contributed by atoms with E-state index in [0.717, 1.165) is 50.2 Å². The van der Waals surface area contributed by atoms with Crippen molar-refractivity contribution in [3.63, 3.8) is 0 Å². The number of rotatable bonds is 5. The molecule has 2 aliphatic rings. The lowest BCUT2D eigenvalue weighted by molar-refractivity contribution is -0.152. The second kappa shape index (κ2) is 9.06. The molecule has 0 spiro atoms. The van der Waals surface area contributed by atoms with E-state index < -0.39 is 5.41 Å². The maximum atomic E-state index is 12.0. The number of carbonyl (C=O) groups excluding carboxylic acids is 1. The normalized spacial score (nSPS) is 19.4. The van der Waals surface area contributed by atoms with Gasteiger partial charge in [0.1, 0.15) is 0 Å². The van der Waals surface area contributed by atoms with Crippen molar-refractivity contribution in [2.75, 3.05) is 20.3 Å². The average molecular weight is 460 g/mol. The molecule has 1 fully saturated rings. The monoisotopic (exact) mass is 459 g/mol. The summed E-state index contributed by atoms with van der Waals surface area (Å²) in [6, 6.07) is 8.71. The number of thiophene rings is 1. The van der Waals surface area contributed by atoms with E-state index in [2.05, 4.69) is 34.8 Å². The zero-order chi connectivity index (χ0) is 22.1. The third-order valence-electron chi connectivity index (χ3n) is 5.88. The third-order valence-corrected chi connectivity index (χ3v) is 7.95. The Hall–Kier alpha value is -1.67. The molecule has 1 aliphatic carbocycles. The number of aryl methyl sites for hydroxylation is 1. The minimum Gasteiger partial charge on any atom is -0.381 e. The molecule has 0 atom stereocenters. The Balaban J connectivity index is 1.46. The molecule has 1 aliphatic heterocycles. The number of methoxy groups -OCH3 is 1. The fourth-order valence-electron chi connectivity index (χ4n) is 3.87. The molecule has 2 heterocycles. The van der Waals surface area contributed by atoms with Gasteiger partial charge < -0.3 is 14.3 Å². The van der Waals surface area contributed by atoms with Crippen LogP contribution in [0, 0.1) is 5.41 Å². The topological polar surface area (TPSA) is 57.1 Å². The summed E-state index contributed by atoms with van der Waals surface area (Å²) < 4.78 is 12.7. The predicted octanol–water partition coefficient (Wildman–Crippen LogP) is 5.79. The van der Waals surface area contributed by atoms with Crippen LogP contribution in [-0.4, -0.2) is 32.0 Å². The first-order chi connectivity index (χ1) is 14.8. The van der Waals surface area contributed by atoms with Gasteiger partial charge in [0.25, 0.3) is 0 Å². The van der Waals surface area contributed by atoms with Crippen LogP contribution in [-0.2, 0) is 31.1 Å². The van der Waals surface area contributed by atoms with Gasteiger partial charge in [-0.2, -0.15) is 0 Å². The van der Waals surface area contributed by atoms with Gasteiger partial charge in [0.05, 0.1) is 20.9 Å². The molecule has 0 N–H and O–H groups in total. The number of carbonyl (C=O) groups is 1. The number of ether oxygens (including phenoxy) is 2. The Morgan fingerprint density at radius 1 is 1.19 bits per heavy atom. The Morgan fingerprint density at radius 3 is 2.68 bits per heavy atom. The predicted molar refractivity (Wildman–Crippen MR) is 124 cm³/mol. The Kier molecular flexibility index (Phi) is 6.58. The summed E-state index contributed by atoms with van der Waals surface area (Å²) in [4.78, 5) is 18.4. The van der Waals surface area contributed by atoms with E-state index in [1.807, 2.05) is 20.8 Å². The standard InChI is InChI=1S/C24H29NO4S2/c1-23(2,3)22(26)29-25-20-8-5-16-13-18(6-7-19(16)20)31-21-14-17(15-30-21)24(27-4)9-11-28-12-10-24/h6-7,13-15H,5,8-12H2,1-4H3. The van der Waals surface area contributed by atoms with Crippen molar-refractivity contribution in [2.45, 2.75) is 61.2 Å². The van der Waals surface area contributed by atoms with Gasteiger partial charge in [0.15, 0.2) is 0 Å². The van der Waals surface area contributed by atoms with Crippen LogP contribution in [0.15, 0.2) is 43.9 Å². The average Bonchev–Trinajstić information content (AvgIpc) is 3.39. The molecule has 0 bridgehead atoms. The quantitative estimate of drug-likeness (QED) is 0.418. The maximum absolute atomic E-state index is 12.0. The van der Waals surface area contributed by atoms with Crippen molar-refractivity contribution < 1.29 is 19.1 Å². The molecule has 0 saturated carbocycles. The number of fused-ring (bicyclic) bond motifs is 1. The van der Waals surface area contributed by atoms with Crippen molar-refractivity contribution in [1.82, 2.24) is 0 Å². The summed E-state index contributed by atoms with van der Waals surface area (Å²) in [7, 11) is 1.80. The Morgan fingerprint density at radius 2 is 1.97 bits per heavy atom. The van der Waals surface area contributed by atoms with Crippen LogP contribution in [0.4, 0.5) is 0 Å². The molecule has 31 heavy (non-hydrogen) atoms. The number of oxime groups is 1. The Bertz CT molecular complexity index is 984. The van der Waals surface area contributed by atoms with Crippen LogP contribution in [0.5, 0.6) is 0 Å². The van der Waals surface area contributed by atoms with Gasteiger partial charge in [-0.1, -0.05) is 23.0 Å². The highest BCUT2D eigenvalue weighted by molar-refractivity contribution is 8.01. The molecular weight excluding hydrogens is 430 g/mol. The number of benzene rings is 1. The van der Waals surface area contributed by atoms with E-state index in [1.54, 1.807) is 30.2 Å². The van der Waals surface area contributed by atoms with Crippen LogP contribution in [0.25, 0.3) is 0 Å². The van der Waals surface area contributed by atoms with Gasteiger partial charge in [-0.05, 0) is 68.3 Å². The van der Waals surface area contributed by atoms with Crippen LogP contribution in [0.1, 0.15) is 56.7 Å². The first-order valence-corrected chi connectivity index (χ1v) is 12.3. The SMILES string of the molecule is COC1(c2csc(Sc3ccc4c(c3)CCC4=NOC(=O)C(C)(C)C)c2)CCOCC1. The summed E-state index contributed by atoms with van der Waals surface area (Å²) in [5.41, 5.74) is 3.66. The minimum absolute atomic E-state index is 0.221. The van der Waals surface area contributed by atoms with Gasteiger partial charge in [-0.3, -0.25) is 0 Å². The van der Waals surface area contributed by atoms with Gasteiger partial charge in [-0.25, -0.2) is 4.79 Å². The second-order valence-electron chi connectivity index (χ2n) is 9.05. The Labute approximate surface area is 192 Å². The van der Waals surface area contributed by atoms with Crippen molar-refractivity contribution >= 4 is 34.8 Å². The molecule has 7 heteroatoms. The van der Waals surface area contributed by atoms with Gasteiger partial charge in [0, 0.05) is 43.6 Å². The van der Waals surface area contributed by atoms with E-state index in [4.69, 9.17) is 14.3 Å². The number of nitrogens with zero attached hydrogens (tertiary/aromatic N) is 1. The van der Waals surface area contributed by atoms with Crippen LogP contribution < -0.4 is 0 Å². The summed E-state index contributed by atoms with van der Waals surface area (Å²) in [6.45, 7) is 6.97. The van der Waals surface area contributed by atoms with E-state index in [9.17, 15) is 4.79 Å². The molecule has 4 rings (SSSR count). The third kappa shape index (κ3) is 4.90. The van der Waals surface area contributed by atoms with E-state index in [1.165, 1.54) is 20.2 Å². The molecule has 2 aromatic rings. The van der Waals surface area contributed by atoms with Crippen LogP contribution in [0.2, 0.25) is 0 Å². The first kappa shape index (κ1) is 22.5.